The Balaban J connectivity index is 1.66. The van der Waals surface area contributed by atoms with E-state index in [9.17, 15) is 14.8 Å². The maximum atomic E-state index is 12.7. The molecule has 0 aromatic heterocycles. The van der Waals surface area contributed by atoms with E-state index in [0.29, 0.717) is 28.0 Å². The molecule has 3 rings (SSSR count). The summed E-state index contributed by atoms with van der Waals surface area (Å²) in [5.74, 6) is -0.604. The molecular weight excluding hydrogens is 402 g/mol. The van der Waals surface area contributed by atoms with Crippen LogP contribution in [0, 0.1) is 0 Å². The topological polar surface area (TPSA) is 106 Å². The fourth-order valence-corrected chi connectivity index (χ4v) is 2.82. The molecule has 0 saturated carbocycles. The second-order valence-electron chi connectivity index (χ2n) is 6.08. The number of benzene rings is 3. The number of nitrogens with one attached hydrogen (secondary N) is 4. The van der Waals surface area contributed by atoms with Gasteiger partial charge in [0.1, 0.15) is 0 Å². The van der Waals surface area contributed by atoms with Gasteiger partial charge in [-0.3, -0.25) is 25.6 Å². The number of hydrogen-bond donors (Lipinski definition) is 5. The lowest BCUT2D eigenvalue weighted by atomic mass is 10.1. The van der Waals surface area contributed by atoms with E-state index in [2.05, 4.69) is 21.5 Å². The summed E-state index contributed by atoms with van der Waals surface area (Å²) < 4.78 is 0. The van der Waals surface area contributed by atoms with Crippen LogP contribution in [0.25, 0.3) is 0 Å². The van der Waals surface area contributed by atoms with Gasteiger partial charge in [-0.2, -0.15) is 5.06 Å². The Kier molecular flexibility index (Phi) is 6.93. The van der Waals surface area contributed by atoms with Crippen LogP contribution in [0.3, 0.4) is 0 Å². The molecule has 0 aliphatic carbocycles. The smallest absolute Gasteiger partial charge is 0.282 e. The predicted molar refractivity (Wildman–Crippen MR) is 121 cm³/mol. The largest absolute Gasteiger partial charge is 0.332 e. The average molecular weight is 421 g/mol. The second-order valence-corrected chi connectivity index (χ2v) is 6.49. The number of hydrogen-bond acceptors (Lipinski definition) is 5. The number of amides is 2. The molecule has 0 saturated heterocycles. The van der Waals surface area contributed by atoms with Crippen LogP contribution in [-0.2, 0) is 4.79 Å². The number of hydrazine groups is 1. The van der Waals surface area contributed by atoms with Crippen LogP contribution in [-0.4, -0.2) is 22.6 Å². The maximum absolute atomic E-state index is 12.7. The molecule has 30 heavy (non-hydrogen) atoms. The Morgan fingerprint density at radius 1 is 0.867 bits per heavy atom. The summed E-state index contributed by atoms with van der Waals surface area (Å²) in [7, 11) is 0. The Morgan fingerprint density at radius 3 is 2.23 bits per heavy atom. The van der Waals surface area contributed by atoms with Gasteiger partial charge >= 0.3 is 0 Å². The Bertz CT molecular complexity index is 1030. The number of thiocarbonyl (C=S) groups is 1. The van der Waals surface area contributed by atoms with Gasteiger partial charge in [0, 0.05) is 16.9 Å². The quantitative estimate of drug-likeness (QED) is 0.172. The molecule has 0 radical (unpaired) electrons. The van der Waals surface area contributed by atoms with Crippen LogP contribution in [0.15, 0.2) is 78.9 Å². The third kappa shape index (κ3) is 5.53. The average Bonchev–Trinajstić information content (AvgIpc) is 2.78. The number of carbonyl (C=O) groups is 2. The highest BCUT2D eigenvalue weighted by atomic mass is 32.1. The van der Waals surface area contributed by atoms with Crippen LogP contribution < -0.4 is 26.5 Å². The number of hydroxylamine groups is 1. The highest BCUT2D eigenvalue weighted by Gasteiger charge is 2.16. The highest BCUT2D eigenvalue weighted by Crippen LogP contribution is 2.20. The van der Waals surface area contributed by atoms with E-state index in [1.807, 2.05) is 30.3 Å². The van der Waals surface area contributed by atoms with Crippen molar-refractivity contribution in [3.63, 3.8) is 0 Å². The zero-order chi connectivity index (χ0) is 21.3. The molecular formula is C21H19N5O3S. The van der Waals surface area contributed by atoms with Crippen molar-refractivity contribution in [3.05, 3.63) is 84.4 Å². The molecule has 0 spiro atoms. The molecule has 0 fully saturated rings. The van der Waals surface area contributed by atoms with Crippen LogP contribution in [0.2, 0.25) is 0 Å². The fraction of sp³-hybridized carbons (Fsp3) is 0. The Hall–Kier alpha value is -3.95. The van der Waals surface area contributed by atoms with Crippen LogP contribution in [0.5, 0.6) is 0 Å². The minimum Gasteiger partial charge on any atom is -0.332 e. The van der Waals surface area contributed by atoms with Crippen molar-refractivity contribution in [3.8, 4) is 0 Å². The first kappa shape index (κ1) is 20.8. The molecule has 0 unspecified atom stereocenters. The van der Waals surface area contributed by atoms with Gasteiger partial charge in [-0.1, -0.05) is 24.3 Å². The minimum atomic E-state index is -0.604. The van der Waals surface area contributed by atoms with E-state index in [1.165, 1.54) is 12.1 Å². The number of carbonyl (C=O) groups excluding carboxylic acids is 2. The minimum absolute atomic E-state index is 0.273. The second kappa shape index (κ2) is 10.0. The van der Waals surface area contributed by atoms with Gasteiger partial charge in [0.25, 0.3) is 5.91 Å². The third-order valence-electron chi connectivity index (χ3n) is 3.98. The number of para-hydroxylation sites is 1. The third-order valence-corrected chi connectivity index (χ3v) is 4.18. The van der Waals surface area contributed by atoms with Gasteiger partial charge in [-0.25, -0.2) is 0 Å². The number of rotatable bonds is 7. The lowest BCUT2D eigenvalue weighted by molar-refractivity contribution is -0.109. The summed E-state index contributed by atoms with van der Waals surface area (Å²) >= 11 is 5.30. The van der Waals surface area contributed by atoms with Gasteiger partial charge in [0.15, 0.2) is 5.11 Å². The first-order valence-electron chi connectivity index (χ1n) is 8.88. The van der Waals surface area contributed by atoms with Crippen LogP contribution in [0.1, 0.15) is 10.4 Å². The molecule has 0 aliphatic rings. The molecule has 152 valence electrons. The fourth-order valence-electron chi connectivity index (χ4n) is 2.58. The molecule has 0 aliphatic heterocycles. The van der Waals surface area contributed by atoms with Crippen molar-refractivity contribution < 1.29 is 14.8 Å². The van der Waals surface area contributed by atoms with Crippen molar-refractivity contribution in [1.82, 2.24) is 5.43 Å². The molecule has 5 N–H and O–H groups in total. The molecule has 3 aromatic rings. The van der Waals surface area contributed by atoms with Crippen molar-refractivity contribution >= 4 is 52.4 Å². The van der Waals surface area contributed by atoms with Crippen molar-refractivity contribution in [2.75, 3.05) is 21.1 Å². The molecule has 9 heteroatoms. The summed E-state index contributed by atoms with van der Waals surface area (Å²) in [4.78, 5) is 23.0. The first-order chi connectivity index (χ1) is 14.6. The summed E-state index contributed by atoms with van der Waals surface area (Å²) in [5.41, 5.74) is 7.52. The van der Waals surface area contributed by atoms with E-state index in [0.717, 1.165) is 5.69 Å². The SMILES string of the molecule is O=CNNc1ccc(N(O)C(=O)c2cccc(NC(=S)Nc3ccccc3)c2)cc1. The maximum Gasteiger partial charge on any atom is 0.282 e. The van der Waals surface area contributed by atoms with E-state index >= 15 is 0 Å². The van der Waals surface area contributed by atoms with E-state index in [-0.39, 0.29) is 11.3 Å². The zero-order valence-electron chi connectivity index (χ0n) is 15.7. The summed E-state index contributed by atoms with van der Waals surface area (Å²) in [6.45, 7) is 0. The first-order valence-corrected chi connectivity index (χ1v) is 9.29. The van der Waals surface area contributed by atoms with Crippen LogP contribution in [0.4, 0.5) is 22.7 Å². The highest BCUT2D eigenvalue weighted by molar-refractivity contribution is 7.80. The molecule has 0 atom stereocenters. The number of anilines is 4. The van der Waals surface area contributed by atoms with Crippen molar-refractivity contribution in [2.45, 2.75) is 0 Å². The zero-order valence-corrected chi connectivity index (χ0v) is 16.5. The van der Waals surface area contributed by atoms with Crippen LogP contribution >= 0.6 is 12.2 Å². The van der Waals surface area contributed by atoms with Gasteiger partial charge in [0.05, 0.1) is 11.4 Å². The number of nitrogens with zero attached hydrogens (tertiary/aromatic N) is 1. The van der Waals surface area contributed by atoms with Crippen molar-refractivity contribution in [2.24, 2.45) is 0 Å². The molecule has 2 amide bonds. The van der Waals surface area contributed by atoms with Gasteiger partial charge in [0.2, 0.25) is 6.41 Å². The van der Waals surface area contributed by atoms with E-state index < -0.39 is 5.91 Å². The molecule has 0 bridgehead atoms. The monoisotopic (exact) mass is 421 g/mol. The van der Waals surface area contributed by atoms with E-state index in [4.69, 9.17) is 12.2 Å². The predicted octanol–water partition coefficient (Wildman–Crippen LogP) is 3.60. The Labute approximate surface area is 178 Å². The summed E-state index contributed by atoms with van der Waals surface area (Å²) in [6.07, 6.45) is 0.498. The van der Waals surface area contributed by atoms with Gasteiger partial charge < -0.3 is 10.6 Å². The van der Waals surface area contributed by atoms with Crippen molar-refractivity contribution in [1.29, 1.82) is 0 Å². The summed E-state index contributed by atoms with van der Waals surface area (Å²) in [5, 5.41) is 17.3. The van der Waals surface area contributed by atoms with Gasteiger partial charge in [-0.05, 0) is 66.8 Å². The molecule has 0 heterocycles. The Morgan fingerprint density at radius 2 is 1.53 bits per heavy atom. The summed E-state index contributed by atoms with van der Waals surface area (Å²) in [6, 6.07) is 22.4. The standard InChI is InChI=1S/C21H19N5O3S/c27-14-22-25-17-9-11-19(12-10-17)26(29)20(28)15-5-4-8-18(13-15)24-21(30)23-16-6-2-1-3-7-16/h1-14,25,29H,(H,22,27)(H2,23,24,30). The van der Waals surface area contributed by atoms with E-state index in [1.54, 1.807) is 36.4 Å². The molecule has 8 nitrogen and oxygen atoms in total. The normalized spacial score (nSPS) is 9.90. The molecule has 3 aromatic carbocycles. The van der Waals surface area contributed by atoms with Gasteiger partial charge in [-0.15, -0.1) is 0 Å². The lowest BCUT2D eigenvalue weighted by Crippen LogP contribution is -2.27. The lowest BCUT2D eigenvalue weighted by Gasteiger charge is -2.16.